The summed E-state index contributed by atoms with van der Waals surface area (Å²) in [7, 11) is 0. The van der Waals surface area contributed by atoms with Gasteiger partial charge in [0.1, 0.15) is 18.1 Å². The second kappa shape index (κ2) is 7.69. The number of halogens is 1. The minimum Gasteiger partial charge on any atom is -0.370 e. The van der Waals surface area contributed by atoms with Crippen molar-refractivity contribution in [2.75, 3.05) is 59.0 Å². The van der Waals surface area contributed by atoms with Crippen molar-refractivity contribution in [1.82, 2.24) is 19.9 Å². The van der Waals surface area contributed by atoms with E-state index in [9.17, 15) is 9.18 Å². The second-order valence-corrected chi connectivity index (χ2v) is 6.82. The quantitative estimate of drug-likeness (QED) is 0.789. The summed E-state index contributed by atoms with van der Waals surface area (Å²) in [6, 6.07) is 4.54. The Labute approximate surface area is 151 Å². The molecule has 0 radical (unpaired) electrons. The standard InChI is InChI=1S/C18H23FN4O3/c19-14-1-2-15-16(20-26-17(15)11-14)12-22-5-3-21(4-6-22)7-8-23-9-10-25-13-18(23)24/h1-2,11H,3-10,12-13H2. The number of hydrogen-bond acceptors (Lipinski definition) is 6. The number of carbonyl (C=O) groups excluding carboxylic acids is 1. The molecule has 0 spiro atoms. The molecule has 0 N–H and O–H groups in total. The molecule has 8 heteroatoms. The number of hydrogen-bond donors (Lipinski definition) is 0. The van der Waals surface area contributed by atoms with Crippen molar-refractivity contribution in [3.05, 3.63) is 29.7 Å². The van der Waals surface area contributed by atoms with E-state index in [2.05, 4.69) is 15.0 Å². The molecule has 0 unspecified atom stereocenters. The van der Waals surface area contributed by atoms with Crippen LogP contribution in [0.3, 0.4) is 0 Å². The van der Waals surface area contributed by atoms with Crippen molar-refractivity contribution in [3.8, 4) is 0 Å². The Morgan fingerprint density at radius 1 is 1.08 bits per heavy atom. The van der Waals surface area contributed by atoms with E-state index in [1.165, 1.54) is 12.1 Å². The zero-order valence-electron chi connectivity index (χ0n) is 14.7. The van der Waals surface area contributed by atoms with Gasteiger partial charge in [-0.1, -0.05) is 5.16 Å². The Kier molecular flexibility index (Phi) is 5.14. The molecule has 0 bridgehead atoms. The number of piperazine rings is 1. The summed E-state index contributed by atoms with van der Waals surface area (Å²) in [5.41, 5.74) is 1.35. The third-order valence-electron chi connectivity index (χ3n) is 5.12. The Morgan fingerprint density at radius 2 is 1.88 bits per heavy atom. The number of benzene rings is 1. The lowest BCUT2D eigenvalue weighted by Gasteiger charge is -2.36. The van der Waals surface area contributed by atoms with Gasteiger partial charge in [-0.15, -0.1) is 0 Å². The van der Waals surface area contributed by atoms with Gasteiger partial charge < -0.3 is 14.2 Å². The molecule has 1 aromatic heterocycles. The van der Waals surface area contributed by atoms with Crippen molar-refractivity contribution in [1.29, 1.82) is 0 Å². The normalized spacial score (nSPS) is 20.2. The number of rotatable bonds is 5. The minimum absolute atomic E-state index is 0.0873. The van der Waals surface area contributed by atoms with Crippen LogP contribution in [-0.2, 0) is 16.1 Å². The number of fused-ring (bicyclic) bond motifs is 1. The van der Waals surface area contributed by atoms with Crippen LogP contribution in [0.15, 0.2) is 22.7 Å². The molecule has 2 saturated heterocycles. The molecule has 2 aliphatic rings. The van der Waals surface area contributed by atoms with E-state index in [0.29, 0.717) is 25.3 Å². The van der Waals surface area contributed by atoms with E-state index in [4.69, 9.17) is 9.26 Å². The number of amides is 1. The molecule has 3 heterocycles. The van der Waals surface area contributed by atoms with Crippen LogP contribution < -0.4 is 0 Å². The molecular formula is C18H23FN4O3. The predicted octanol–water partition coefficient (Wildman–Crippen LogP) is 0.943. The first-order valence-electron chi connectivity index (χ1n) is 9.03. The van der Waals surface area contributed by atoms with E-state index < -0.39 is 0 Å². The fourth-order valence-electron chi connectivity index (χ4n) is 3.51. The van der Waals surface area contributed by atoms with Gasteiger partial charge >= 0.3 is 0 Å². The largest absolute Gasteiger partial charge is 0.370 e. The third-order valence-corrected chi connectivity index (χ3v) is 5.12. The average molecular weight is 362 g/mol. The van der Waals surface area contributed by atoms with Crippen LogP contribution in [0.2, 0.25) is 0 Å². The number of morpholine rings is 1. The number of carbonyl (C=O) groups is 1. The summed E-state index contributed by atoms with van der Waals surface area (Å²) in [6.07, 6.45) is 0. The van der Waals surface area contributed by atoms with Gasteiger partial charge in [-0.2, -0.15) is 0 Å². The van der Waals surface area contributed by atoms with Gasteiger partial charge in [0.15, 0.2) is 5.58 Å². The lowest BCUT2D eigenvalue weighted by atomic mass is 10.2. The minimum atomic E-state index is -0.312. The Hall–Kier alpha value is -2.03. The SMILES string of the molecule is O=C1COCCN1CCN1CCN(Cc2noc3cc(F)ccc23)CC1. The first-order chi connectivity index (χ1) is 12.7. The first-order valence-corrected chi connectivity index (χ1v) is 9.03. The smallest absolute Gasteiger partial charge is 0.248 e. The summed E-state index contributed by atoms with van der Waals surface area (Å²) >= 11 is 0. The van der Waals surface area contributed by atoms with E-state index in [-0.39, 0.29) is 18.3 Å². The average Bonchev–Trinajstić information content (AvgIpc) is 3.04. The molecule has 140 valence electrons. The van der Waals surface area contributed by atoms with Gasteiger partial charge in [0.05, 0.1) is 6.61 Å². The zero-order chi connectivity index (χ0) is 17.9. The van der Waals surface area contributed by atoms with E-state index >= 15 is 0 Å². The summed E-state index contributed by atoms with van der Waals surface area (Å²) in [6.45, 7) is 7.70. The summed E-state index contributed by atoms with van der Waals surface area (Å²) < 4.78 is 23.6. The van der Waals surface area contributed by atoms with Crippen molar-refractivity contribution in [2.24, 2.45) is 0 Å². The van der Waals surface area contributed by atoms with Crippen molar-refractivity contribution >= 4 is 16.9 Å². The fraction of sp³-hybridized carbons (Fsp3) is 0.556. The molecule has 2 aliphatic heterocycles. The Morgan fingerprint density at radius 3 is 2.69 bits per heavy atom. The van der Waals surface area contributed by atoms with Crippen molar-refractivity contribution < 1.29 is 18.4 Å². The maximum absolute atomic E-state index is 13.2. The molecule has 7 nitrogen and oxygen atoms in total. The molecule has 2 fully saturated rings. The van der Waals surface area contributed by atoms with Crippen LogP contribution in [0, 0.1) is 5.82 Å². The number of ether oxygens (including phenoxy) is 1. The monoisotopic (exact) mass is 362 g/mol. The van der Waals surface area contributed by atoms with Crippen LogP contribution >= 0.6 is 0 Å². The highest BCUT2D eigenvalue weighted by Gasteiger charge is 2.22. The third kappa shape index (κ3) is 3.87. The van der Waals surface area contributed by atoms with Crippen LogP contribution in [0.1, 0.15) is 5.69 Å². The number of nitrogens with zero attached hydrogens (tertiary/aromatic N) is 4. The van der Waals surface area contributed by atoms with Crippen LogP contribution in [0.25, 0.3) is 11.0 Å². The van der Waals surface area contributed by atoms with Crippen LogP contribution in [0.4, 0.5) is 4.39 Å². The summed E-state index contributed by atoms with van der Waals surface area (Å²) in [5.74, 6) is -0.225. The summed E-state index contributed by atoms with van der Waals surface area (Å²) in [4.78, 5) is 18.4. The second-order valence-electron chi connectivity index (χ2n) is 6.82. The van der Waals surface area contributed by atoms with Gasteiger partial charge in [0.2, 0.25) is 5.91 Å². The van der Waals surface area contributed by atoms with Crippen molar-refractivity contribution in [3.63, 3.8) is 0 Å². The first kappa shape index (κ1) is 17.4. The topological polar surface area (TPSA) is 62.1 Å². The molecule has 2 aromatic rings. The lowest BCUT2D eigenvalue weighted by Crippen LogP contribution is -2.50. The van der Waals surface area contributed by atoms with Gasteiger partial charge in [-0.3, -0.25) is 14.6 Å². The van der Waals surface area contributed by atoms with E-state index in [0.717, 1.165) is 50.3 Å². The molecule has 26 heavy (non-hydrogen) atoms. The fourth-order valence-corrected chi connectivity index (χ4v) is 3.51. The van der Waals surface area contributed by atoms with Crippen LogP contribution in [0.5, 0.6) is 0 Å². The number of aromatic nitrogens is 1. The zero-order valence-corrected chi connectivity index (χ0v) is 14.7. The molecule has 0 aliphatic carbocycles. The molecule has 1 aromatic carbocycles. The Bertz CT molecular complexity index is 773. The maximum atomic E-state index is 13.2. The molecular weight excluding hydrogens is 339 g/mol. The van der Waals surface area contributed by atoms with Gasteiger partial charge in [-0.25, -0.2) is 4.39 Å². The molecule has 0 saturated carbocycles. The molecule has 1 amide bonds. The predicted molar refractivity (Wildman–Crippen MR) is 93.1 cm³/mol. The van der Waals surface area contributed by atoms with Crippen molar-refractivity contribution in [2.45, 2.75) is 6.54 Å². The van der Waals surface area contributed by atoms with Gasteiger partial charge in [-0.05, 0) is 12.1 Å². The highest BCUT2D eigenvalue weighted by atomic mass is 19.1. The summed E-state index contributed by atoms with van der Waals surface area (Å²) in [5, 5.41) is 4.98. The van der Waals surface area contributed by atoms with Gasteiger partial charge in [0.25, 0.3) is 0 Å². The van der Waals surface area contributed by atoms with Gasteiger partial charge in [0, 0.05) is 63.8 Å². The van der Waals surface area contributed by atoms with E-state index in [1.54, 1.807) is 6.07 Å². The highest BCUT2D eigenvalue weighted by Crippen LogP contribution is 2.21. The highest BCUT2D eigenvalue weighted by molar-refractivity contribution is 5.79. The van der Waals surface area contributed by atoms with E-state index in [1.807, 2.05) is 4.90 Å². The maximum Gasteiger partial charge on any atom is 0.248 e. The molecule has 4 rings (SSSR count). The van der Waals surface area contributed by atoms with Crippen LogP contribution in [-0.4, -0.2) is 84.8 Å². The lowest BCUT2D eigenvalue weighted by molar-refractivity contribution is -0.142. The molecule has 0 atom stereocenters. The Balaban J connectivity index is 1.26.